The van der Waals surface area contributed by atoms with E-state index in [1.165, 1.54) is 0 Å². The van der Waals surface area contributed by atoms with Crippen LogP contribution < -0.4 is 5.32 Å². The summed E-state index contributed by atoms with van der Waals surface area (Å²) in [6, 6.07) is 9.82. The second-order valence-electron chi connectivity index (χ2n) is 11.4. The highest BCUT2D eigenvalue weighted by Gasteiger charge is 2.71. The van der Waals surface area contributed by atoms with Crippen molar-refractivity contribution in [3.63, 3.8) is 0 Å². The van der Waals surface area contributed by atoms with E-state index in [1.807, 2.05) is 34.7 Å². The molecular weight excluding hydrogens is 568 g/mol. The average molecular weight is 611 g/mol. The van der Waals surface area contributed by atoms with Gasteiger partial charge in [-0.05, 0) is 29.9 Å². The van der Waals surface area contributed by atoms with Gasteiger partial charge in [0, 0.05) is 45.2 Å². The molecule has 1 aromatic carbocycles. The van der Waals surface area contributed by atoms with Crippen LogP contribution in [-0.2, 0) is 27.0 Å². The van der Waals surface area contributed by atoms with Gasteiger partial charge in [-0.2, -0.15) is 0 Å². The van der Waals surface area contributed by atoms with Crippen LogP contribution in [-0.4, -0.2) is 105 Å². The lowest BCUT2D eigenvalue weighted by atomic mass is 9.81. The zero-order chi connectivity index (χ0) is 30.2. The molecule has 3 aliphatic heterocycles. The van der Waals surface area contributed by atoms with Crippen molar-refractivity contribution in [3.05, 3.63) is 65.4 Å². The second-order valence-corrected chi connectivity index (χ2v) is 12.4. The number of amides is 2. The van der Waals surface area contributed by atoms with Crippen molar-refractivity contribution >= 4 is 17.8 Å². The summed E-state index contributed by atoms with van der Waals surface area (Å²) in [7, 11) is 3.57. The van der Waals surface area contributed by atoms with Crippen LogP contribution in [0.4, 0.5) is 4.79 Å². The van der Waals surface area contributed by atoms with Gasteiger partial charge in [0.15, 0.2) is 10.8 Å². The van der Waals surface area contributed by atoms with Gasteiger partial charge in [-0.3, -0.25) is 14.6 Å². The van der Waals surface area contributed by atoms with Gasteiger partial charge in [0.25, 0.3) is 0 Å². The Balaban J connectivity index is 1.61. The first-order chi connectivity index (χ1) is 20.9. The van der Waals surface area contributed by atoms with E-state index in [2.05, 4.69) is 71.5 Å². The molecule has 1 N–H and O–H groups in total. The third kappa shape index (κ3) is 4.73. The normalized spacial score (nSPS) is 31.2. The maximum absolute atomic E-state index is 15.3. The molecule has 0 bridgehead atoms. The van der Waals surface area contributed by atoms with E-state index in [1.54, 1.807) is 35.4 Å². The number of hydroxylamine groups is 1. The number of nitrogens with one attached hydrogen (secondary N) is 1. The van der Waals surface area contributed by atoms with Crippen molar-refractivity contribution in [3.8, 4) is 0 Å². The minimum absolute atomic E-state index is 0.140. The molecule has 2 aromatic rings. The van der Waals surface area contributed by atoms with Gasteiger partial charge in [-0.1, -0.05) is 73.3 Å². The predicted octanol–water partition coefficient (Wildman–Crippen LogP) is 3.14. The number of hydrogen-bond acceptors (Lipinski definition) is 10. The molecule has 43 heavy (non-hydrogen) atoms. The molecule has 1 aromatic heterocycles. The van der Waals surface area contributed by atoms with Gasteiger partial charge in [-0.15, -0.1) is 10.2 Å². The van der Waals surface area contributed by atoms with Crippen molar-refractivity contribution in [2.45, 2.75) is 55.8 Å². The van der Waals surface area contributed by atoms with Crippen LogP contribution in [0.2, 0.25) is 0 Å². The molecule has 0 spiro atoms. The summed E-state index contributed by atoms with van der Waals surface area (Å²) >= 11 is 1.58. The Bertz CT molecular complexity index is 1340. The van der Waals surface area contributed by atoms with Crippen LogP contribution >= 0.6 is 11.8 Å². The summed E-state index contributed by atoms with van der Waals surface area (Å²) < 4.78 is 14.2. The van der Waals surface area contributed by atoms with Gasteiger partial charge in [0.2, 0.25) is 0 Å². The number of allylic oxidation sites excluding steroid dienone is 2. The largest absolute Gasteiger partial charge is 0.353 e. The molecule has 3 saturated heterocycles. The summed E-state index contributed by atoms with van der Waals surface area (Å²) in [6.45, 7) is 9.92. The highest BCUT2D eigenvalue weighted by Crippen LogP contribution is 2.55. The number of piperazine rings is 1. The van der Waals surface area contributed by atoms with Crippen molar-refractivity contribution < 1.29 is 19.1 Å². The van der Waals surface area contributed by atoms with Gasteiger partial charge >= 0.3 is 6.03 Å². The minimum atomic E-state index is -1.19. The number of rotatable bonds is 9. The Morgan fingerprint density at radius 3 is 2.63 bits per heavy atom. The molecule has 0 saturated carbocycles. The maximum Gasteiger partial charge on any atom is 0.340 e. The number of aromatic nitrogens is 3. The number of hydrogen-bond donors (Lipinski definition) is 1. The van der Waals surface area contributed by atoms with Crippen molar-refractivity contribution in [1.29, 1.82) is 0 Å². The number of urea groups is 1. The van der Waals surface area contributed by atoms with Gasteiger partial charge in [0.1, 0.15) is 24.9 Å². The first kappa shape index (κ1) is 30.3. The predicted molar refractivity (Wildman–Crippen MR) is 162 cm³/mol. The zero-order valence-electron chi connectivity index (χ0n) is 25.5. The number of carbonyl (C=O) groups is 1. The molecule has 232 valence electrons. The van der Waals surface area contributed by atoms with E-state index in [4.69, 9.17) is 14.3 Å². The third-order valence-corrected chi connectivity index (χ3v) is 10.5. The van der Waals surface area contributed by atoms with E-state index >= 15 is 4.79 Å². The fraction of sp³-hybridized carbons (Fsp3) is 0.567. The summed E-state index contributed by atoms with van der Waals surface area (Å²) in [5, 5.41) is 16.3. The average Bonchev–Trinajstić information content (AvgIpc) is 3.78. The summed E-state index contributed by atoms with van der Waals surface area (Å²) in [5.74, 6) is -0.151. The van der Waals surface area contributed by atoms with E-state index in [9.17, 15) is 0 Å². The van der Waals surface area contributed by atoms with Crippen LogP contribution in [0.1, 0.15) is 32.8 Å². The Labute approximate surface area is 257 Å². The lowest BCUT2D eigenvalue weighted by molar-refractivity contribution is -0.338. The zero-order valence-corrected chi connectivity index (χ0v) is 26.4. The van der Waals surface area contributed by atoms with Crippen molar-refractivity contribution in [2.24, 2.45) is 13.0 Å². The molecule has 4 heterocycles. The summed E-state index contributed by atoms with van der Waals surface area (Å²) in [6.07, 6.45) is 8.32. The van der Waals surface area contributed by atoms with Gasteiger partial charge in [-0.25, -0.2) is 9.80 Å². The molecule has 6 rings (SSSR count). The third-order valence-electron chi connectivity index (χ3n) is 9.19. The maximum atomic E-state index is 15.3. The SMILES string of the molecule is CCC(C)N1C(=O)N(C2(N3CCNCC3)C=CC=C(Sc3nncn3C)C2C)C(c2ccccc2)(C2COCO2)N1OC. The van der Waals surface area contributed by atoms with Crippen molar-refractivity contribution in [2.75, 3.05) is 46.7 Å². The first-order valence-electron chi connectivity index (χ1n) is 15.0. The number of hydrazine groups is 1. The standard InChI is InChI=1S/C30H42N8O4S/c1-6-22(2)36-28(39)37(30(38(36)40-5,26-19-41-21-42-26)24-11-8-7-9-12-24)29(35-17-15-31-16-18-35)14-10-13-25(23(29)3)43-27-33-32-20-34(27)4/h7-14,20,22-23,26,31H,6,15-19,21H2,1-5H3. The molecule has 0 radical (unpaired) electrons. The lowest BCUT2D eigenvalue weighted by Gasteiger charge is -2.58. The molecule has 13 heteroatoms. The minimum Gasteiger partial charge on any atom is -0.353 e. The lowest BCUT2D eigenvalue weighted by Crippen LogP contribution is -2.74. The van der Waals surface area contributed by atoms with E-state index in [0.29, 0.717) is 6.61 Å². The van der Waals surface area contributed by atoms with Crippen LogP contribution in [0.5, 0.6) is 0 Å². The monoisotopic (exact) mass is 610 g/mol. The number of aryl methyl sites for hydroxylation is 1. The fourth-order valence-electron chi connectivity index (χ4n) is 6.90. The highest BCUT2D eigenvalue weighted by molar-refractivity contribution is 8.03. The Morgan fingerprint density at radius 2 is 2.00 bits per heavy atom. The summed E-state index contributed by atoms with van der Waals surface area (Å²) in [5.41, 5.74) is -1.19. The topological polar surface area (TPSA) is 100 Å². The fourth-order valence-corrected chi connectivity index (χ4v) is 7.89. The molecular formula is C30H42N8O4S. The van der Waals surface area contributed by atoms with Crippen LogP contribution in [0.3, 0.4) is 0 Å². The molecule has 5 unspecified atom stereocenters. The number of carbonyl (C=O) groups excluding carboxylic acids is 1. The number of nitrogens with zero attached hydrogens (tertiary/aromatic N) is 7. The van der Waals surface area contributed by atoms with Crippen LogP contribution in [0.15, 0.2) is 64.9 Å². The quantitative estimate of drug-likeness (QED) is 0.456. The van der Waals surface area contributed by atoms with Crippen LogP contribution in [0.25, 0.3) is 0 Å². The smallest absolute Gasteiger partial charge is 0.340 e. The van der Waals surface area contributed by atoms with Crippen LogP contribution in [0, 0.1) is 5.92 Å². The molecule has 2 amide bonds. The Hall–Kier alpha value is -2.78. The molecule has 5 atom stereocenters. The molecule has 1 aliphatic carbocycles. The van der Waals surface area contributed by atoms with Gasteiger partial charge < -0.3 is 19.4 Å². The molecule has 12 nitrogen and oxygen atoms in total. The molecule has 4 aliphatic rings. The van der Waals surface area contributed by atoms with Crippen molar-refractivity contribution in [1.82, 2.24) is 40.1 Å². The number of benzene rings is 1. The molecule has 3 fully saturated rings. The number of thioether (sulfide) groups is 1. The van der Waals surface area contributed by atoms with E-state index < -0.39 is 17.4 Å². The van der Waals surface area contributed by atoms with E-state index in [-0.39, 0.29) is 24.8 Å². The number of ether oxygens (including phenoxy) is 2. The Morgan fingerprint density at radius 1 is 1.23 bits per heavy atom. The Kier molecular flexibility index (Phi) is 8.66. The second kappa shape index (κ2) is 12.3. The van der Waals surface area contributed by atoms with Gasteiger partial charge in [0.05, 0.1) is 13.7 Å². The summed E-state index contributed by atoms with van der Waals surface area (Å²) in [4.78, 5) is 27.1. The van der Waals surface area contributed by atoms with E-state index in [0.717, 1.165) is 48.2 Å². The first-order valence-corrected chi connectivity index (χ1v) is 15.8. The highest BCUT2D eigenvalue weighted by atomic mass is 32.2.